The molecule has 0 saturated heterocycles. The summed E-state index contributed by atoms with van der Waals surface area (Å²) in [6.07, 6.45) is 1.67. The molecule has 0 amide bonds. The van der Waals surface area contributed by atoms with Crippen LogP contribution in [0.2, 0.25) is 0 Å². The first-order valence-electron chi connectivity index (χ1n) is 6.31. The number of fused-ring (bicyclic) bond motifs is 1. The van der Waals surface area contributed by atoms with Gasteiger partial charge in [0.2, 0.25) is 5.95 Å². The number of hydrogen-bond acceptors (Lipinski definition) is 5. The molecule has 2 aromatic heterocycles. The molecule has 5 nitrogen and oxygen atoms in total. The van der Waals surface area contributed by atoms with Crippen molar-refractivity contribution >= 4 is 22.8 Å². The fourth-order valence-corrected chi connectivity index (χ4v) is 2.25. The average Bonchev–Trinajstić information content (AvgIpc) is 2.41. The normalized spacial score (nSPS) is 10.9. The molecule has 0 unspecified atom stereocenters. The van der Waals surface area contributed by atoms with E-state index in [9.17, 15) is 0 Å². The minimum absolute atomic E-state index is 0.198. The molecule has 0 radical (unpaired) electrons. The zero-order valence-corrected chi connectivity index (χ0v) is 11.4. The maximum absolute atomic E-state index is 6.08. The SMILES string of the molecule is Cc1cccc(-c2cc3cnc(N)nc3nc2N)c1C. The lowest BCUT2D eigenvalue weighted by molar-refractivity contribution is 1.20. The Morgan fingerprint density at radius 1 is 1.00 bits per heavy atom. The molecular formula is C15H15N5. The van der Waals surface area contributed by atoms with Gasteiger partial charge in [0.25, 0.3) is 0 Å². The Hall–Kier alpha value is -2.69. The summed E-state index contributed by atoms with van der Waals surface area (Å²) in [7, 11) is 0. The van der Waals surface area contributed by atoms with Crippen LogP contribution in [0, 0.1) is 13.8 Å². The summed E-state index contributed by atoms with van der Waals surface area (Å²) < 4.78 is 0. The van der Waals surface area contributed by atoms with Crippen LogP contribution in [0.4, 0.5) is 11.8 Å². The molecule has 0 aliphatic heterocycles. The van der Waals surface area contributed by atoms with Crippen molar-refractivity contribution in [2.75, 3.05) is 11.5 Å². The Kier molecular flexibility index (Phi) is 2.75. The molecule has 4 N–H and O–H groups in total. The Morgan fingerprint density at radius 2 is 1.80 bits per heavy atom. The molecule has 3 rings (SSSR count). The van der Waals surface area contributed by atoms with Crippen LogP contribution in [0.3, 0.4) is 0 Å². The third-order valence-electron chi connectivity index (χ3n) is 3.51. The van der Waals surface area contributed by atoms with Gasteiger partial charge in [-0.25, -0.2) is 9.97 Å². The van der Waals surface area contributed by atoms with Crippen molar-refractivity contribution in [2.45, 2.75) is 13.8 Å². The van der Waals surface area contributed by atoms with E-state index in [-0.39, 0.29) is 5.95 Å². The first kappa shape index (κ1) is 12.3. The smallest absolute Gasteiger partial charge is 0.222 e. The standard InChI is InChI=1S/C15H15N5/c1-8-4-3-5-11(9(8)2)12-6-10-7-18-15(17)20-14(10)19-13(12)16/h3-7H,1-2H3,(H4,16,17,18,19,20). The lowest BCUT2D eigenvalue weighted by Gasteiger charge is -2.11. The second kappa shape index (κ2) is 4.45. The molecule has 1 aromatic carbocycles. The van der Waals surface area contributed by atoms with E-state index in [1.54, 1.807) is 6.20 Å². The molecule has 20 heavy (non-hydrogen) atoms. The second-order valence-electron chi connectivity index (χ2n) is 4.81. The lowest BCUT2D eigenvalue weighted by atomic mass is 9.97. The minimum Gasteiger partial charge on any atom is -0.383 e. The monoisotopic (exact) mass is 265 g/mol. The average molecular weight is 265 g/mol. The van der Waals surface area contributed by atoms with E-state index in [2.05, 4.69) is 34.9 Å². The molecule has 0 saturated carbocycles. The van der Waals surface area contributed by atoms with Gasteiger partial charge in [0, 0.05) is 17.1 Å². The van der Waals surface area contributed by atoms with Gasteiger partial charge in [0.1, 0.15) is 5.82 Å². The number of pyridine rings is 1. The number of aryl methyl sites for hydroxylation is 1. The molecule has 0 atom stereocenters. The van der Waals surface area contributed by atoms with Crippen LogP contribution in [0.15, 0.2) is 30.5 Å². The van der Waals surface area contributed by atoms with Gasteiger partial charge in [-0.15, -0.1) is 0 Å². The second-order valence-corrected chi connectivity index (χ2v) is 4.81. The van der Waals surface area contributed by atoms with Crippen LogP contribution in [-0.2, 0) is 0 Å². The van der Waals surface area contributed by atoms with Crippen LogP contribution >= 0.6 is 0 Å². The summed E-state index contributed by atoms with van der Waals surface area (Å²) in [4.78, 5) is 12.4. The first-order chi connectivity index (χ1) is 9.56. The molecule has 0 aliphatic rings. The Bertz CT molecular complexity index is 811. The predicted molar refractivity (Wildman–Crippen MR) is 81.1 cm³/mol. The van der Waals surface area contributed by atoms with Gasteiger partial charge < -0.3 is 11.5 Å². The molecule has 0 fully saturated rings. The molecular weight excluding hydrogens is 250 g/mol. The van der Waals surface area contributed by atoms with Crippen molar-refractivity contribution in [3.8, 4) is 11.1 Å². The number of nitrogens with zero attached hydrogens (tertiary/aromatic N) is 3. The quantitative estimate of drug-likeness (QED) is 0.705. The van der Waals surface area contributed by atoms with Crippen molar-refractivity contribution in [2.24, 2.45) is 0 Å². The maximum atomic E-state index is 6.08. The van der Waals surface area contributed by atoms with Gasteiger partial charge in [0.05, 0.1) is 0 Å². The fourth-order valence-electron chi connectivity index (χ4n) is 2.25. The number of aromatic nitrogens is 3. The Labute approximate surface area is 116 Å². The predicted octanol–water partition coefficient (Wildman–Crippen LogP) is 2.47. The molecule has 3 aromatic rings. The molecule has 5 heteroatoms. The third kappa shape index (κ3) is 1.93. The summed E-state index contributed by atoms with van der Waals surface area (Å²) in [5, 5.41) is 0.823. The van der Waals surface area contributed by atoms with Gasteiger partial charge in [-0.3, -0.25) is 0 Å². The van der Waals surface area contributed by atoms with E-state index in [0.717, 1.165) is 16.5 Å². The Balaban J connectivity index is 2.29. The van der Waals surface area contributed by atoms with E-state index < -0.39 is 0 Å². The summed E-state index contributed by atoms with van der Waals surface area (Å²) in [5.74, 6) is 0.646. The Morgan fingerprint density at radius 3 is 2.60 bits per heavy atom. The molecule has 0 spiro atoms. The van der Waals surface area contributed by atoms with Crippen LogP contribution in [0.25, 0.3) is 22.2 Å². The number of hydrogen-bond donors (Lipinski definition) is 2. The first-order valence-corrected chi connectivity index (χ1v) is 6.31. The number of anilines is 2. The van der Waals surface area contributed by atoms with Gasteiger partial charge in [-0.2, -0.15) is 4.98 Å². The molecule has 0 bridgehead atoms. The lowest BCUT2D eigenvalue weighted by Crippen LogP contribution is -2.00. The van der Waals surface area contributed by atoms with E-state index in [1.165, 1.54) is 11.1 Å². The van der Waals surface area contributed by atoms with Gasteiger partial charge in [0.15, 0.2) is 5.65 Å². The molecule has 0 aliphatic carbocycles. The van der Waals surface area contributed by atoms with Crippen LogP contribution in [-0.4, -0.2) is 15.0 Å². The molecule has 2 heterocycles. The highest BCUT2D eigenvalue weighted by atomic mass is 15.0. The van der Waals surface area contributed by atoms with Gasteiger partial charge in [-0.05, 0) is 36.6 Å². The maximum Gasteiger partial charge on any atom is 0.222 e. The molecule has 100 valence electrons. The van der Waals surface area contributed by atoms with Crippen LogP contribution < -0.4 is 11.5 Å². The van der Waals surface area contributed by atoms with Crippen molar-refractivity contribution in [1.29, 1.82) is 0 Å². The van der Waals surface area contributed by atoms with Crippen LogP contribution in [0.5, 0.6) is 0 Å². The van der Waals surface area contributed by atoms with E-state index in [0.29, 0.717) is 11.5 Å². The summed E-state index contributed by atoms with van der Waals surface area (Å²) in [6.45, 7) is 4.15. The van der Waals surface area contributed by atoms with Gasteiger partial charge >= 0.3 is 0 Å². The highest BCUT2D eigenvalue weighted by molar-refractivity contribution is 5.87. The minimum atomic E-state index is 0.198. The van der Waals surface area contributed by atoms with Crippen LogP contribution in [0.1, 0.15) is 11.1 Å². The number of benzene rings is 1. The third-order valence-corrected chi connectivity index (χ3v) is 3.51. The fraction of sp³-hybridized carbons (Fsp3) is 0.133. The number of nitrogens with two attached hydrogens (primary N) is 2. The zero-order chi connectivity index (χ0) is 14.3. The summed E-state index contributed by atoms with van der Waals surface area (Å²) >= 11 is 0. The topological polar surface area (TPSA) is 90.7 Å². The van der Waals surface area contributed by atoms with Crippen molar-refractivity contribution < 1.29 is 0 Å². The highest BCUT2D eigenvalue weighted by Gasteiger charge is 2.11. The number of nitrogen functional groups attached to an aromatic ring is 2. The number of rotatable bonds is 1. The van der Waals surface area contributed by atoms with Crippen molar-refractivity contribution in [3.63, 3.8) is 0 Å². The van der Waals surface area contributed by atoms with E-state index >= 15 is 0 Å². The van der Waals surface area contributed by atoms with Crippen molar-refractivity contribution in [1.82, 2.24) is 15.0 Å². The highest BCUT2D eigenvalue weighted by Crippen LogP contribution is 2.31. The van der Waals surface area contributed by atoms with E-state index in [4.69, 9.17) is 11.5 Å². The van der Waals surface area contributed by atoms with Gasteiger partial charge in [-0.1, -0.05) is 18.2 Å². The largest absolute Gasteiger partial charge is 0.383 e. The summed E-state index contributed by atoms with van der Waals surface area (Å²) in [5.41, 5.74) is 16.5. The zero-order valence-electron chi connectivity index (χ0n) is 11.4. The van der Waals surface area contributed by atoms with Crippen molar-refractivity contribution in [3.05, 3.63) is 41.6 Å². The summed E-state index contributed by atoms with van der Waals surface area (Å²) in [6, 6.07) is 8.09. The van der Waals surface area contributed by atoms with E-state index in [1.807, 2.05) is 18.2 Å².